The van der Waals surface area contributed by atoms with Gasteiger partial charge >= 0.3 is 0 Å². The van der Waals surface area contributed by atoms with Gasteiger partial charge in [0.2, 0.25) is 0 Å². The van der Waals surface area contributed by atoms with Gasteiger partial charge in [-0.2, -0.15) is 0 Å². The van der Waals surface area contributed by atoms with E-state index in [-0.39, 0.29) is 0 Å². The van der Waals surface area contributed by atoms with Crippen molar-refractivity contribution in [3.8, 4) is 0 Å². The highest BCUT2D eigenvalue weighted by molar-refractivity contribution is 4.88. The van der Waals surface area contributed by atoms with Gasteiger partial charge in [-0.15, -0.1) is 13.2 Å². The maximum absolute atomic E-state index is 3.81. The fraction of sp³-hybridized carbons (Fsp3) is 0.692. The van der Waals surface area contributed by atoms with Crippen LogP contribution in [0.1, 0.15) is 19.8 Å². The third-order valence-corrected chi connectivity index (χ3v) is 3.07. The second kappa shape index (κ2) is 6.09. The van der Waals surface area contributed by atoms with Gasteiger partial charge in [0.05, 0.1) is 0 Å². The summed E-state index contributed by atoms with van der Waals surface area (Å²) in [6, 6.07) is 0. The first-order valence-electron chi connectivity index (χ1n) is 5.85. The summed E-state index contributed by atoms with van der Waals surface area (Å²) in [7, 11) is 0. The Balaban J connectivity index is 2.46. The molecule has 2 nitrogen and oxygen atoms in total. The quantitative estimate of drug-likeness (QED) is 0.672. The largest absolute Gasteiger partial charge is 0.316 e. The van der Waals surface area contributed by atoms with E-state index in [0.29, 0.717) is 5.41 Å². The van der Waals surface area contributed by atoms with Gasteiger partial charge < -0.3 is 5.32 Å². The highest BCUT2D eigenvalue weighted by Gasteiger charge is 2.28. The molecule has 1 N–H and O–H groups in total. The second-order valence-electron chi connectivity index (χ2n) is 4.86. The van der Waals surface area contributed by atoms with E-state index < -0.39 is 0 Å². The molecule has 0 amide bonds. The molecule has 1 aliphatic rings. The molecule has 1 rings (SSSR count). The van der Waals surface area contributed by atoms with E-state index in [1.54, 1.807) is 0 Å². The molecule has 0 aromatic rings. The smallest absolute Gasteiger partial charge is 0.0164 e. The van der Waals surface area contributed by atoms with Crippen molar-refractivity contribution in [3.63, 3.8) is 0 Å². The van der Waals surface area contributed by atoms with Crippen molar-refractivity contribution in [2.24, 2.45) is 5.41 Å². The molecule has 0 aliphatic carbocycles. The number of nitrogens with one attached hydrogen (secondary N) is 1. The molecule has 1 atom stereocenters. The highest BCUT2D eigenvalue weighted by Crippen LogP contribution is 2.26. The van der Waals surface area contributed by atoms with Crippen molar-refractivity contribution in [1.82, 2.24) is 10.2 Å². The van der Waals surface area contributed by atoms with Crippen LogP contribution in [0, 0.1) is 5.41 Å². The standard InChI is InChI=1S/C13H24N2/c1-4-9-15(10-5-2)12-13(3)7-6-8-14-11-13/h4-5,14H,1-2,6-12H2,3H3. The van der Waals surface area contributed by atoms with Crippen LogP contribution in [0.5, 0.6) is 0 Å². The summed E-state index contributed by atoms with van der Waals surface area (Å²) in [6.45, 7) is 15.4. The summed E-state index contributed by atoms with van der Waals surface area (Å²) >= 11 is 0. The Bertz CT molecular complexity index is 195. The first kappa shape index (κ1) is 12.5. The van der Waals surface area contributed by atoms with Gasteiger partial charge in [0, 0.05) is 26.2 Å². The van der Waals surface area contributed by atoms with Gasteiger partial charge in [-0.1, -0.05) is 19.1 Å². The van der Waals surface area contributed by atoms with Gasteiger partial charge in [-0.3, -0.25) is 4.90 Å². The van der Waals surface area contributed by atoms with Crippen molar-refractivity contribution in [3.05, 3.63) is 25.3 Å². The van der Waals surface area contributed by atoms with Crippen molar-refractivity contribution < 1.29 is 0 Å². The van der Waals surface area contributed by atoms with Crippen molar-refractivity contribution in [2.75, 3.05) is 32.7 Å². The van der Waals surface area contributed by atoms with Crippen LogP contribution in [0.2, 0.25) is 0 Å². The number of hydrogen-bond donors (Lipinski definition) is 1. The van der Waals surface area contributed by atoms with E-state index in [9.17, 15) is 0 Å². The van der Waals surface area contributed by atoms with Crippen LogP contribution in [0.25, 0.3) is 0 Å². The van der Waals surface area contributed by atoms with E-state index in [1.165, 1.54) is 19.4 Å². The van der Waals surface area contributed by atoms with Crippen molar-refractivity contribution in [1.29, 1.82) is 0 Å². The lowest BCUT2D eigenvalue weighted by molar-refractivity contribution is 0.151. The Morgan fingerprint density at radius 1 is 1.33 bits per heavy atom. The van der Waals surface area contributed by atoms with Gasteiger partial charge in [-0.05, 0) is 24.8 Å². The monoisotopic (exact) mass is 208 g/mol. The maximum atomic E-state index is 3.81. The van der Waals surface area contributed by atoms with Crippen LogP contribution in [0.15, 0.2) is 25.3 Å². The Labute approximate surface area is 94.0 Å². The number of rotatable bonds is 6. The summed E-state index contributed by atoms with van der Waals surface area (Å²) in [5, 5.41) is 3.49. The van der Waals surface area contributed by atoms with E-state index in [0.717, 1.165) is 26.2 Å². The Kier molecular flexibility index (Phi) is 5.06. The van der Waals surface area contributed by atoms with Gasteiger partial charge in [0.1, 0.15) is 0 Å². The molecular weight excluding hydrogens is 184 g/mol. The molecular formula is C13H24N2. The van der Waals surface area contributed by atoms with E-state index >= 15 is 0 Å². The molecule has 0 spiro atoms. The molecule has 0 radical (unpaired) electrons. The molecule has 0 saturated carbocycles. The van der Waals surface area contributed by atoms with Crippen LogP contribution < -0.4 is 5.32 Å². The minimum Gasteiger partial charge on any atom is -0.316 e. The Morgan fingerprint density at radius 2 is 2.00 bits per heavy atom. The molecule has 1 aliphatic heterocycles. The highest BCUT2D eigenvalue weighted by atomic mass is 15.1. The summed E-state index contributed by atoms with van der Waals surface area (Å²) < 4.78 is 0. The summed E-state index contributed by atoms with van der Waals surface area (Å²) in [5.41, 5.74) is 0.421. The molecule has 1 saturated heterocycles. The Hall–Kier alpha value is -0.600. The molecule has 0 aromatic carbocycles. The molecule has 2 heteroatoms. The van der Waals surface area contributed by atoms with Crippen molar-refractivity contribution in [2.45, 2.75) is 19.8 Å². The zero-order valence-electron chi connectivity index (χ0n) is 9.97. The lowest BCUT2D eigenvalue weighted by Crippen LogP contribution is -2.45. The van der Waals surface area contributed by atoms with Crippen LogP contribution in [0.4, 0.5) is 0 Å². The molecule has 0 aromatic heterocycles. The third kappa shape index (κ3) is 4.18. The average Bonchev–Trinajstić information content (AvgIpc) is 2.19. The molecule has 86 valence electrons. The van der Waals surface area contributed by atoms with Crippen LogP contribution >= 0.6 is 0 Å². The minimum absolute atomic E-state index is 0.421. The van der Waals surface area contributed by atoms with E-state index in [1.807, 2.05) is 12.2 Å². The summed E-state index contributed by atoms with van der Waals surface area (Å²) in [5.74, 6) is 0. The third-order valence-electron chi connectivity index (χ3n) is 3.07. The number of piperidine rings is 1. The minimum atomic E-state index is 0.421. The van der Waals surface area contributed by atoms with Gasteiger partial charge in [-0.25, -0.2) is 0 Å². The predicted molar refractivity (Wildman–Crippen MR) is 67.0 cm³/mol. The van der Waals surface area contributed by atoms with Crippen LogP contribution in [-0.2, 0) is 0 Å². The van der Waals surface area contributed by atoms with Gasteiger partial charge in [0.15, 0.2) is 0 Å². The Morgan fingerprint density at radius 3 is 2.47 bits per heavy atom. The molecule has 1 heterocycles. The normalized spacial score (nSPS) is 26.5. The number of hydrogen-bond acceptors (Lipinski definition) is 2. The fourth-order valence-corrected chi connectivity index (χ4v) is 2.36. The topological polar surface area (TPSA) is 15.3 Å². The molecule has 1 unspecified atom stereocenters. The van der Waals surface area contributed by atoms with Crippen LogP contribution in [0.3, 0.4) is 0 Å². The zero-order chi connectivity index (χ0) is 11.1. The molecule has 15 heavy (non-hydrogen) atoms. The number of nitrogens with zero attached hydrogens (tertiary/aromatic N) is 1. The second-order valence-corrected chi connectivity index (χ2v) is 4.86. The summed E-state index contributed by atoms with van der Waals surface area (Å²) in [4.78, 5) is 2.41. The first-order chi connectivity index (χ1) is 7.20. The zero-order valence-corrected chi connectivity index (χ0v) is 9.97. The lowest BCUT2D eigenvalue weighted by Gasteiger charge is -2.38. The first-order valence-corrected chi connectivity index (χ1v) is 5.85. The summed E-state index contributed by atoms with van der Waals surface area (Å²) in [6.07, 6.45) is 6.57. The predicted octanol–water partition coefficient (Wildman–Crippen LogP) is 2.05. The van der Waals surface area contributed by atoms with Crippen molar-refractivity contribution >= 4 is 0 Å². The average molecular weight is 208 g/mol. The van der Waals surface area contributed by atoms with E-state index in [4.69, 9.17) is 0 Å². The SMILES string of the molecule is C=CCN(CC=C)CC1(C)CCCNC1. The molecule has 1 fully saturated rings. The van der Waals surface area contributed by atoms with Gasteiger partial charge in [0.25, 0.3) is 0 Å². The van der Waals surface area contributed by atoms with Crippen LogP contribution in [-0.4, -0.2) is 37.6 Å². The molecule has 0 bridgehead atoms. The van der Waals surface area contributed by atoms with E-state index in [2.05, 4.69) is 30.3 Å². The lowest BCUT2D eigenvalue weighted by atomic mass is 9.82. The maximum Gasteiger partial charge on any atom is 0.0164 e. The fourth-order valence-electron chi connectivity index (χ4n) is 2.36.